The molecule has 4 nitrogen and oxygen atoms in total. The van der Waals surface area contributed by atoms with E-state index in [1.54, 1.807) is 19.1 Å². The molecule has 0 amide bonds. The number of allylic oxidation sites excluding steroid dienone is 2. The number of pyridine rings is 1. The maximum atomic E-state index is 13.2. The van der Waals surface area contributed by atoms with Gasteiger partial charge in [0.05, 0.1) is 0 Å². The summed E-state index contributed by atoms with van der Waals surface area (Å²) in [6.45, 7) is 0.893. The van der Waals surface area contributed by atoms with Gasteiger partial charge in [-0.05, 0) is 31.4 Å². The van der Waals surface area contributed by atoms with Crippen LogP contribution in [0.2, 0.25) is 5.02 Å². The molecule has 0 bridgehead atoms. The molecule has 1 aliphatic rings. The molecule has 1 aromatic heterocycles. The van der Waals surface area contributed by atoms with Gasteiger partial charge in [0.2, 0.25) is 5.92 Å². The Morgan fingerprint density at radius 1 is 1.46 bits per heavy atom. The van der Waals surface area contributed by atoms with Crippen molar-refractivity contribution in [1.82, 2.24) is 4.98 Å². The van der Waals surface area contributed by atoms with E-state index in [1.807, 2.05) is 0 Å². The van der Waals surface area contributed by atoms with E-state index in [-0.39, 0.29) is 24.6 Å². The van der Waals surface area contributed by atoms with Crippen LogP contribution in [0.15, 0.2) is 28.4 Å². The lowest BCUT2D eigenvalue weighted by Crippen LogP contribution is -2.32. The molecule has 0 spiro atoms. The van der Waals surface area contributed by atoms with Crippen LogP contribution in [0.3, 0.4) is 0 Å². The fourth-order valence-corrected chi connectivity index (χ4v) is 2.57. The third-order valence-corrected chi connectivity index (χ3v) is 4.10. The molecule has 1 saturated carbocycles. The number of alkyl halides is 3. The van der Waals surface area contributed by atoms with E-state index in [2.05, 4.69) is 15.3 Å². The summed E-state index contributed by atoms with van der Waals surface area (Å²) in [5.74, 6) is -1.77. The molecule has 132 valence electrons. The van der Waals surface area contributed by atoms with Crippen LogP contribution in [-0.2, 0) is 0 Å². The van der Waals surface area contributed by atoms with Gasteiger partial charge in [0, 0.05) is 41.9 Å². The quantitative estimate of drug-likeness (QED) is 0.752. The van der Waals surface area contributed by atoms with Crippen molar-refractivity contribution < 1.29 is 13.2 Å². The molecule has 0 atom stereocenters. The molecule has 1 aromatic rings. The molecular weight excluding hydrogens is 341 g/mol. The number of halogens is 4. The number of nitrogens with two attached hydrogens (primary N) is 1. The fourth-order valence-electron chi connectivity index (χ4n) is 2.37. The summed E-state index contributed by atoms with van der Waals surface area (Å²) in [5.41, 5.74) is 6.08. The predicted octanol–water partition coefficient (Wildman–Crippen LogP) is 4.63. The lowest BCUT2D eigenvalue weighted by Gasteiger charge is -2.29. The maximum Gasteiger partial charge on any atom is 0.248 e. The van der Waals surface area contributed by atoms with E-state index in [1.165, 1.54) is 6.21 Å². The molecule has 0 aliphatic heterocycles. The Bertz CT molecular complexity index is 636. The summed E-state index contributed by atoms with van der Waals surface area (Å²) in [5, 5.41) is 3.54. The van der Waals surface area contributed by atoms with Gasteiger partial charge in [0.25, 0.3) is 0 Å². The van der Waals surface area contributed by atoms with Gasteiger partial charge in [-0.1, -0.05) is 11.6 Å². The first kappa shape index (κ1) is 18.6. The normalized spacial score (nSPS) is 19.4. The van der Waals surface area contributed by atoms with Crippen molar-refractivity contribution in [2.45, 2.75) is 44.6 Å². The lowest BCUT2D eigenvalue weighted by molar-refractivity contribution is -0.0361. The standard InChI is InChI=1S/C16H20ClF3N4/c1-10(13(21)8-18)9-22-14-6-11(17)7-15(24-14)23-12-2-4-16(19,20)5-3-12/h6-7,9,12H,2-5,8,21H2,1H3,(H,23,24). The first-order chi connectivity index (χ1) is 11.3. The molecule has 8 heteroatoms. The minimum absolute atomic E-state index is 0.0729. The van der Waals surface area contributed by atoms with Gasteiger partial charge < -0.3 is 11.1 Å². The van der Waals surface area contributed by atoms with Crippen LogP contribution in [0.1, 0.15) is 32.6 Å². The van der Waals surface area contributed by atoms with Crippen LogP contribution in [0, 0.1) is 0 Å². The molecule has 1 heterocycles. The van der Waals surface area contributed by atoms with Crippen LogP contribution in [-0.4, -0.2) is 29.8 Å². The van der Waals surface area contributed by atoms with Crippen LogP contribution < -0.4 is 11.1 Å². The van der Waals surface area contributed by atoms with Crippen molar-refractivity contribution in [2.24, 2.45) is 10.7 Å². The molecule has 0 unspecified atom stereocenters. The highest BCUT2D eigenvalue weighted by Gasteiger charge is 2.34. The van der Waals surface area contributed by atoms with Gasteiger partial charge in [-0.25, -0.2) is 23.1 Å². The summed E-state index contributed by atoms with van der Waals surface area (Å²) in [6.07, 6.45) is 1.88. The van der Waals surface area contributed by atoms with Gasteiger partial charge in [-0.15, -0.1) is 0 Å². The van der Waals surface area contributed by atoms with E-state index in [0.717, 1.165) is 0 Å². The molecule has 3 N–H and O–H groups in total. The summed E-state index contributed by atoms with van der Waals surface area (Å²) in [7, 11) is 0. The van der Waals surface area contributed by atoms with Crippen LogP contribution in [0.4, 0.5) is 24.8 Å². The average Bonchev–Trinajstić information content (AvgIpc) is 2.53. The Balaban J connectivity index is 2.07. The first-order valence-corrected chi connectivity index (χ1v) is 8.04. The Hall–Kier alpha value is -1.76. The number of rotatable bonds is 5. The third kappa shape index (κ3) is 5.40. The van der Waals surface area contributed by atoms with Crippen LogP contribution in [0.25, 0.3) is 0 Å². The minimum Gasteiger partial charge on any atom is -0.400 e. The molecule has 1 fully saturated rings. The highest BCUT2D eigenvalue weighted by molar-refractivity contribution is 6.31. The first-order valence-electron chi connectivity index (χ1n) is 7.66. The Morgan fingerprint density at radius 2 is 2.12 bits per heavy atom. The van der Waals surface area contributed by atoms with Crippen molar-refractivity contribution in [3.05, 3.63) is 28.4 Å². The largest absolute Gasteiger partial charge is 0.400 e. The third-order valence-electron chi connectivity index (χ3n) is 3.89. The monoisotopic (exact) mass is 360 g/mol. The Labute approximate surface area is 144 Å². The van der Waals surface area contributed by atoms with Gasteiger partial charge in [-0.2, -0.15) is 0 Å². The SMILES string of the molecule is CC(C=Nc1cc(Cl)cc(NC2CCC(F)(F)CC2)n1)=C(N)CF. The van der Waals surface area contributed by atoms with Gasteiger partial charge in [0.15, 0.2) is 5.82 Å². The summed E-state index contributed by atoms with van der Waals surface area (Å²) >= 11 is 6.05. The predicted molar refractivity (Wildman–Crippen MR) is 91.1 cm³/mol. The molecule has 1 aliphatic carbocycles. The molecule has 2 rings (SSSR count). The number of nitrogens with zero attached hydrogens (tertiary/aromatic N) is 2. The van der Waals surface area contributed by atoms with E-state index in [9.17, 15) is 13.2 Å². The van der Waals surface area contributed by atoms with Crippen molar-refractivity contribution in [3.63, 3.8) is 0 Å². The minimum atomic E-state index is -2.57. The number of anilines is 1. The number of aliphatic imine (C=N–C) groups is 1. The van der Waals surface area contributed by atoms with E-state index in [0.29, 0.717) is 35.1 Å². The zero-order chi connectivity index (χ0) is 17.7. The van der Waals surface area contributed by atoms with E-state index in [4.69, 9.17) is 17.3 Å². The van der Waals surface area contributed by atoms with Crippen LogP contribution in [0.5, 0.6) is 0 Å². The van der Waals surface area contributed by atoms with Crippen molar-refractivity contribution in [2.75, 3.05) is 12.0 Å². The van der Waals surface area contributed by atoms with E-state index >= 15 is 0 Å². The van der Waals surface area contributed by atoms with Crippen molar-refractivity contribution in [3.8, 4) is 0 Å². The number of hydrogen-bond donors (Lipinski definition) is 2. The zero-order valence-corrected chi connectivity index (χ0v) is 14.1. The molecule has 24 heavy (non-hydrogen) atoms. The smallest absolute Gasteiger partial charge is 0.248 e. The number of hydrogen-bond acceptors (Lipinski definition) is 4. The van der Waals surface area contributed by atoms with E-state index < -0.39 is 12.6 Å². The Morgan fingerprint density at radius 3 is 2.75 bits per heavy atom. The highest BCUT2D eigenvalue weighted by atomic mass is 35.5. The van der Waals surface area contributed by atoms with Crippen molar-refractivity contribution in [1.29, 1.82) is 0 Å². The van der Waals surface area contributed by atoms with Gasteiger partial charge in [0.1, 0.15) is 12.5 Å². The zero-order valence-electron chi connectivity index (χ0n) is 13.3. The summed E-state index contributed by atoms with van der Waals surface area (Å²) < 4.78 is 38.8. The summed E-state index contributed by atoms with van der Waals surface area (Å²) in [6, 6.07) is 3.10. The van der Waals surface area contributed by atoms with Crippen LogP contribution >= 0.6 is 11.6 Å². The second-order valence-corrected chi connectivity index (χ2v) is 6.34. The molecule has 0 saturated heterocycles. The molecule has 0 aromatic carbocycles. The van der Waals surface area contributed by atoms with Gasteiger partial charge in [-0.3, -0.25) is 0 Å². The topological polar surface area (TPSA) is 63.3 Å². The number of nitrogens with one attached hydrogen (secondary N) is 1. The summed E-state index contributed by atoms with van der Waals surface area (Å²) in [4.78, 5) is 8.41. The molecule has 0 radical (unpaired) electrons. The average molecular weight is 361 g/mol. The lowest BCUT2D eigenvalue weighted by atomic mass is 9.92. The van der Waals surface area contributed by atoms with Crippen molar-refractivity contribution >= 4 is 29.5 Å². The maximum absolute atomic E-state index is 13.2. The highest BCUT2D eigenvalue weighted by Crippen LogP contribution is 2.34. The fraction of sp³-hybridized carbons (Fsp3) is 0.500. The second kappa shape index (κ2) is 7.88. The second-order valence-electron chi connectivity index (χ2n) is 5.90. The molecular formula is C16H20ClF3N4. The Kier molecular flexibility index (Phi) is 6.10. The number of aromatic nitrogens is 1. The van der Waals surface area contributed by atoms with Gasteiger partial charge >= 0.3 is 0 Å².